The number of piperidine rings is 2. The van der Waals surface area contributed by atoms with E-state index in [9.17, 15) is 5.26 Å². The van der Waals surface area contributed by atoms with Gasteiger partial charge in [0.2, 0.25) is 0 Å². The van der Waals surface area contributed by atoms with Gasteiger partial charge in [0.1, 0.15) is 0 Å². The Morgan fingerprint density at radius 3 is 2.61 bits per heavy atom. The lowest BCUT2D eigenvalue weighted by Gasteiger charge is -2.41. The molecule has 0 amide bonds. The van der Waals surface area contributed by atoms with Gasteiger partial charge in [-0.1, -0.05) is 18.1 Å². The number of benzene rings is 1. The third kappa shape index (κ3) is 6.19. The summed E-state index contributed by atoms with van der Waals surface area (Å²) in [5.41, 5.74) is 10.6. The molecule has 7 nitrogen and oxygen atoms in total. The van der Waals surface area contributed by atoms with Gasteiger partial charge in [0.05, 0.1) is 41.3 Å². The molecule has 3 aromatic rings. The lowest BCUT2D eigenvalue weighted by molar-refractivity contribution is 0.0853. The highest BCUT2D eigenvalue weighted by Crippen LogP contribution is 2.25. The number of H-pyrrole nitrogens is 1. The van der Waals surface area contributed by atoms with Crippen LogP contribution in [-0.2, 0) is 12.0 Å². The summed E-state index contributed by atoms with van der Waals surface area (Å²) in [4.78, 5) is 13.2. The van der Waals surface area contributed by atoms with Crippen molar-refractivity contribution in [3.8, 4) is 17.9 Å². The molecule has 2 aromatic heterocycles. The van der Waals surface area contributed by atoms with E-state index in [1.165, 1.54) is 23.8 Å². The van der Waals surface area contributed by atoms with E-state index in [-0.39, 0.29) is 0 Å². The predicted octanol–water partition coefficient (Wildman–Crippen LogP) is 4.22. The highest BCUT2D eigenvalue weighted by Gasteiger charge is 2.27. The molecule has 2 fully saturated rings. The number of nitrogens with one attached hydrogen (secondary N) is 2. The Balaban J connectivity index is 1.15. The van der Waals surface area contributed by atoms with Crippen LogP contribution in [-0.4, -0.2) is 64.6 Å². The molecule has 4 N–H and O–H groups in total. The van der Waals surface area contributed by atoms with Crippen molar-refractivity contribution < 1.29 is 0 Å². The fourth-order valence-electron chi connectivity index (χ4n) is 5.60. The van der Waals surface area contributed by atoms with Gasteiger partial charge >= 0.3 is 0 Å². The number of nitrogens with two attached hydrogens (primary N) is 1. The Morgan fingerprint density at radius 1 is 1.11 bits per heavy atom. The third-order valence-corrected chi connectivity index (χ3v) is 8.08. The molecule has 0 unspecified atom stereocenters. The largest absolute Gasteiger partial charge is 0.373 e. The van der Waals surface area contributed by atoms with Crippen LogP contribution in [0.2, 0.25) is 0 Å². The normalized spacial score (nSPS) is 18.2. The van der Waals surface area contributed by atoms with Crippen LogP contribution < -0.4 is 11.1 Å². The average Bonchev–Trinajstić information content (AvgIpc) is 3.36. The van der Waals surface area contributed by atoms with Gasteiger partial charge in [-0.25, -0.2) is 0 Å². The maximum atomic E-state index is 9.28. The molecule has 0 spiro atoms. The van der Waals surface area contributed by atoms with Crippen LogP contribution >= 0.6 is 0 Å². The SMILES string of the molecule is CC(C)(C#N)c1ccc(NCC#Cc2cc3c(CN4CCC(N5CCC(N)CC5)CC4)cccc3[nH]2)cn1. The second kappa shape index (κ2) is 11.6. The molecule has 7 heteroatoms. The summed E-state index contributed by atoms with van der Waals surface area (Å²) in [6.07, 6.45) is 6.54. The number of pyridine rings is 1. The minimum absolute atomic E-state index is 0.400. The molecule has 2 aliphatic heterocycles. The number of hydrogen-bond donors (Lipinski definition) is 3. The molecule has 0 radical (unpaired) electrons. The molecule has 2 saturated heterocycles. The Hall–Kier alpha value is -3.36. The number of anilines is 1. The highest BCUT2D eigenvalue weighted by atomic mass is 15.2. The van der Waals surface area contributed by atoms with Gasteiger partial charge in [-0.2, -0.15) is 5.26 Å². The first kappa shape index (κ1) is 26.3. The molecule has 2 aliphatic rings. The maximum Gasteiger partial charge on any atom is 0.0937 e. The van der Waals surface area contributed by atoms with Crippen LogP contribution in [0.25, 0.3) is 10.9 Å². The molecule has 198 valence electrons. The van der Waals surface area contributed by atoms with E-state index in [4.69, 9.17) is 5.73 Å². The van der Waals surface area contributed by atoms with Crippen molar-refractivity contribution in [2.24, 2.45) is 5.73 Å². The van der Waals surface area contributed by atoms with Crippen LogP contribution in [0.4, 0.5) is 5.69 Å². The van der Waals surface area contributed by atoms with Gasteiger partial charge in [-0.15, -0.1) is 0 Å². The van der Waals surface area contributed by atoms with Gasteiger partial charge in [0.15, 0.2) is 0 Å². The molecule has 1 aromatic carbocycles. The molecule has 0 aliphatic carbocycles. The summed E-state index contributed by atoms with van der Waals surface area (Å²) >= 11 is 0. The summed E-state index contributed by atoms with van der Waals surface area (Å²) in [7, 11) is 0. The van der Waals surface area contributed by atoms with Gasteiger partial charge in [-0.05, 0) is 101 Å². The van der Waals surface area contributed by atoms with Crippen molar-refractivity contribution in [1.29, 1.82) is 5.26 Å². The minimum Gasteiger partial charge on any atom is -0.373 e. The summed E-state index contributed by atoms with van der Waals surface area (Å²) in [6.45, 7) is 9.86. The number of hydrogen-bond acceptors (Lipinski definition) is 6. The Bertz CT molecular complexity index is 1320. The number of nitrogens with zero attached hydrogens (tertiary/aromatic N) is 4. The molecule has 0 bridgehead atoms. The van der Waals surface area contributed by atoms with E-state index in [1.807, 2.05) is 26.0 Å². The first-order valence-corrected chi connectivity index (χ1v) is 13.8. The zero-order valence-electron chi connectivity index (χ0n) is 22.6. The van der Waals surface area contributed by atoms with E-state index >= 15 is 0 Å². The number of rotatable bonds is 6. The fourth-order valence-corrected chi connectivity index (χ4v) is 5.60. The molecular formula is C31H39N7. The molecule has 4 heterocycles. The van der Waals surface area contributed by atoms with E-state index < -0.39 is 5.41 Å². The monoisotopic (exact) mass is 509 g/mol. The lowest BCUT2D eigenvalue weighted by atomic mass is 9.91. The first-order chi connectivity index (χ1) is 18.4. The second-order valence-corrected chi connectivity index (χ2v) is 11.3. The van der Waals surface area contributed by atoms with Crippen LogP contribution in [0.1, 0.15) is 56.5 Å². The van der Waals surface area contributed by atoms with Crippen LogP contribution in [0.5, 0.6) is 0 Å². The van der Waals surface area contributed by atoms with Crippen LogP contribution in [0.3, 0.4) is 0 Å². The van der Waals surface area contributed by atoms with Crippen molar-refractivity contribution in [2.45, 2.75) is 63.6 Å². The highest BCUT2D eigenvalue weighted by molar-refractivity contribution is 5.84. The van der Waals surface area contributed by atoms with Crippen molar-refractivity contribution in [1.82, 2.24) is 19.8 Å². The van der Waals surface area contributed by atoms with E-state index in [2.05, 4.69) is 67.3 Å². The molecule has 0 atom stereocenters. The Kier molecular flexibility index (Phi) is 8.00. The van der Waals surface area contributed by atoms with Gasteiger partial charge < -0.3 is 20.9 Å². The first-order valence-electron chi connectivity index (χ1n) is 13.8. The van der Waals surface area contributed by atoms with Crippen molar-refractivity contribution in [2.75, 3.05) is 38.0 Å². The summed E-state index contributed by atoms with van der Waals surface area (Å²) in [6, 6.07) is 15.9. The minimum atomic E-state index is -0.592. The number of likely N-dealkylation sites (tertiary alicyclic amines) is 2. The average molecular weight is 510 g/mol. The molecular weight excluding hydrogens is 470 g/mol. The fraction of sp³-hybridized carbons (Fsp3) is 0.484. The summed E-state index contributed by atoms with van der Waals surface area (Å²) in [5, 5.41) is 13.8. The number of aromatic amines is 1. The quantitative estimate of drug-likeness (QED) is 0.431. The molecule has 0 saturated carbocycles. The van der Waals surface area contributed by atoms with E-state index in [1.54, 1.807) is 6.20 Å². The second-order valence-electron chi connectivity index (χ2n) is 11.3. The third-order valence-electron chi connectivity index (χ3n) is 8.08. The zero-order valence-corrected chi connectivity index (χ0v) is 22.6. The Labute approximate surface area is 226 Å². The summed E-state index contributed by atoms with van der Waals surface area (Å²) < 4.78 is 0. The molecule has 5 rings (SSSR count). The maximum absolute atomic E-state index is 9.28. The van der Waals surface area contributed by atoms with E-state index in [0.717, 1.165) is 74.2 Å². The zero-order chi connectivity index (χ0) is 26.5. The number of fused-ring (bicyclic) bond motifs is 1. The standard InChI is InChI=1S/C31H39N7/c1-31(2,22-32)30-9-8-26(20-35-30)34-14-4-6-25-19-28-23(5-3-7-29(28)36-25)21-37-15-12-27(13-16-37)38-17-10-24(33)11-18-38/h3,5,7-9,19-20,24,27,34,36H,10-18,21,33H2,1-2H3. The molecule has 38 heavy (non-hydrogen) atoms. The van der Waals surface area contributed by atoms with Gasteiger partial charge in [-0.3, -0.25) is 9.88 Å². The number of nitriles is 1. The smallest absolute Gasteiger partial charge is 0.0937 e. The van der Waals surface area contributed by atoms with E-state index in [0.29, 0.717) is 12.6 Å². The predicted molar refractivity (Wildman–Crippen MR) is 154 cm³/mol. The topological polar surface area (TPSA) is 97.0 Å². The van der Waals surface area contributed by atoms with Crippen molar-refractivity contribution >= 4 is 16.6 Å². The number of aromatic nitrogens is 2. The van der Waals surface area contributed by atoms with Crippen molar-refractivity contribution in [3.63, 3.8) is 0 Å². The van der Waals surface area contributed by atoms with Crippen LogP contribution in [0.15, 0.2) is 42.6 Å². The Morgan fingerprint density at radius 2 is 1.89 bits per heavy atom. The van der Waals surface area contributed by atoms with Crippen LogP contribution in [0, 0.1) is 23.2 Å². The van der Waals surface area contributed by atoms with Gasteiger partial charge in [0, 0.05) is 29.5 Å². The van der Waals surface area contributed by atoms with Crippen molar-refractivity contribution in [3.05, 3.63) is 59.5 Å². The van der Waals surface area contributed by atoms with Gasteiger partial charge in [0.25, 0.3) is 0 Å². The lowest BCUT2D eigenvalue weighted by Crippen LogP contribution is -2.49. The summed E-state index contributed by atoms with van der Waals surface area (Å²) in [5.74, 6) is 6.48.